The lowest BCUT2D eigenvalue weighted by Gasteiger charge is -2.05. The Bertz CT molecular complexity index is 638. The number of anilines is 1. The monoisotopic (exact) mass is 261 g/mol. The van der Waals surface area contributed by atoms with Gasteiger partial charge in [0.15, 0.2) is 5.65 Å². The van der Waals surface area contributed by atoms with Crippen LogP contribution in [0, 0.1) is 11.3 Å². The Balaban J connectivity index is 2.89. The van der Waals surface area contributed by atoms with Crippen molar-refractivity contribution < 1.29 is 0 Å². The number of nitrogen functional groups attached to an aromatic ring is 1. The molecule has 0 aromatic carbocycles. The second kappa shape index (κ2) is 4.86. The third kappa shape index (κ3) is 1.71. The lowest BCUT2D eigenvalue weighted by Crippen LogP contribution is -2.05. The summed E-state index contributed by atoms with van der Waals surface area (Å²) < 4.78 is 1.59. The number of rotatable bonds is 3. The van der Waals surface area contributed by atoms with Gasteiger partial charge in [0, 0.05) is 5.56 Å². The standard InChI is InChI=1S/C12H15N5S/c1-4-7-9(5-2)16-17-10(14)8(6-13)12(18-3)15-11(7)17/h4-5,14H2,1-3H3. The van der Waals surface area contributed by atoms with Crippen molar-refractivity contribution >= 4 is 23.2 Å². The van der Waals surface area contributed by atoms with E-state index in [1.165, 1.54) is 11.8 Å². The van der Waals surface area contributed by atoms with E-state index in [0.717, 1.165) is 29.7 Å². The Labute approximate surface area is 110 Å². The molecule has 0 atom stereocenters. The lowest BCUT2D eigenvalue weighted by molar-refractivity contribution is 0.878. The smallest absolute Gasteiger partial charge is 0.162 e. The van der Waals surface area contributed by atoms with Crippen molar-refractivity contribution in [2.75, 3.05) is 12.0 Å². The summed E-state index contributed by atoms with van der Waals surface area (Å²) in [5.41, 5.74) is 9.31. The van der Waals surface area contributed by atoms with Gasteiger partial charge in [-0.05, 0) is 19.1 Å². The molecule has 18 heavy (non-hydrogen) atoms. The number of aryl methyl sites for hydroxylation is 2. The van der Waals surface area contributed by atoms with Crippen molar-refractivity contribution in [2.24, 2.45) is 0 Å². The Hall–Kier alpha value is -1.74. The second-order valence-corrected chi connectivity index (χ2v) is 4.66. The second-order valence-electron chi connectivity index (χ2n) is 3.86. The van der Waals surface area contributed by atoms with E-state index in [9.17, 15) is 0 Å². The summed E-state index contributed by atoms with van der Waals surface area (Å²) >= 11 is 1.43. The number of hydrogen-bond acceptors (Lipinski definition) is 5. The molecular formula is C12H15N5S. The van der Waals surface area contributed by atoms with E-state index >= 15 is 0 Å². The number of nitriles is 1. The summed E-state index contributed by atoms with van der Waals surface area (Å²) in [5.74, 6) is 0.376. The van der Waals surface area contributed by atoms with E-state index in [-0.39, 0.29) is 0 Å². The summed E-state index contributed by atoms with van der Waals surface area (Å²) in [5, 5.41) is 14.3. The highest BCUT2D eigenvalue weighted by atomic mass is 32.2. The zero-order chi connectivity index (χ0) is 13.3. The molecule has 2 aromatic rings. The lowest BCUT2D eigenvalue weighted by atomic mass is 10.1. The van der Waals surface area contributed by atoms with Crippen molar-refractivity contribution in [2.45, 2.75) is 31.7 Å². The van der Waals surface area contributed by atoms with Gasteiger partial charge in [-0.1, -0.05) is 13.8 Å². The van der Waals surface area contributed by atoms with Crippen molar-refractivity contribution in [1.29, 1.82) is 5.26 Å². The molecule has 2 N–H and O–H groups in total. The summed E-state index contributed by atoms with van der Waals surface area (Å²) in [6.45, 7) is 4.13. The average molecular weight is 261 g/mol. The number of aromatic nitrogens is 3. The van der Waals surface area contributed by atoms with Gasteiger partial charge in [0.25, 0.3) is 0 Å². The largest absolute Gasteiger partial charge is 0.382 e. The fraction of sp³-hybridized carbons (Fsp3) is 0.417. The highest BCUT2D eigenvalue weighted by molar-refractivity contribution is 7.98. The van der Waals surface area contributed by atoms with E-state index in [4.69, 9.17) is 11.0 Å². The molecule has 0 saturated carbocycles. The van der Waals surface area contributed by atoms with Crippen LogP contribution >= 0.6 is 11.8 Å². The number of nitrogens with zero attached hydrogens (tertiary/aromatic N) is 4. The molecule has 0 aliphatic carbocycles. The molecule has 0 unspecified atom stereocenters. The van der Waals surface area contributed by atoms with Crippen LogP contribution in [-0.4, -0.2) is 20.9 Å². The van der Waals surface area contributed by atoms with Crippen molar-refractivity contribution in [3.05, 3.63) is 16.8 Å². The van der Waals surface area contributed by atoms with Crippen LogP contribution in [0.3, 0.4) is 0 Å². The maximum Gasteiger partial charge on any atom is 0.162 e. The Morgan fingerprint density at radius 3 is 2.61 bits per heavy atom. The predicted molar refractivity (Wildman–Crippen MR) is 72.7 cm³/mol. The van der Waals surface area contributed by atoms with Gasteiger partial charge in [0.1, 0.15) is 22.5 Å². The Morgan fingerprint density at radius 1 is 1.39 bits per heavy atom. The van der Waals surface area contributed by atoms with E-state index in [0.29, 0.717) is 16.4 Å². The molecule has 0 aliphatic heterocycles. The van der Waals surface area contributed by atoms with Crippen LogP contribution in [0.25, 0.3) is 5.65 Å². The van der Waals surface area contributed by atoms with Crippen molar-refractivity contribution in [3.8, 4) is 6.07 Å². The van der Waals surface area contributed by atoms with Gasteiger partial charge in [0.05, 0.1) is 5.69 Å². The Kier molecular flexibility index (Phi) is 3.43. The van der Waals surface area contributed by atoms with Crippen LogP contribution in [0.4, 0.5) is 5.82 Å². The molecule has 5 nitrogen and oxygen atoms in total. The number of thioether (sulfide) groups is 1. The highest BCUT2D eigenvalue weighted by Gasteiger charge is 2.18. The number of hydrogen-bond donors (Lipinski definition) is 1. The molecule has 2 rings (SSSR count). The van der Waals surface area contributed by atoms with Crippen LogP contribution < -0.4 is 5.73 Å². The molecule has 0 fully saturated rings. The molecule has 0 spiro atoms. The minimum atomic E-state index is 0.376. The summed E-state index contributed by atoms with van der Waals surface area (Å²) in [6.07, 6.45) is 3.59. The molecule has 2 aromatic heterocycles. The number of nitrogens with two attached hydrogens (primary N) is 1. The van der Waals surface area contributed by atoms with E-state index in [1.807, 2.05) is 6.26 Å². The SMILES string of the molecule is CCc1nn2c(N)c(C#N)c(SC)nc2c1CC. The minimum absolute atomic E-state index is 0.376. The highest BCUT2D eigenvalue weighted by Crippen LogP contribution is 2.27. The molecule has 0 aliphatic rings. The molecule has 2 heterocycles. The first-order chi connectivity index (χ1) is 8.67. The fourth-order valence-electron chi connectivity index (χ4n) is 2.03. The first-order valence-electron chi connectivity index (χ1n) is 5.81. The van der Waals surface area contributed by atoms with Gasteiger partial charge in [0.2, 0.25) is 0 Å². The van der Waals surface area contributed by atoms with Crippen molar-refractivity contribution in [1.82, 2.24) is 14.6 Å². The van der Waals surface area contributed by atoms with Crippen molar-refractivity contribution in [3.63, 3.8) is 0 Å². The zero-order valence-corrected chi connectivity index (χ0v) is 11.5. The predicted octanol–water partition coefficient (Wildman–Crippen LogP) is 2.03. The van der Waals surface area contributed by atoms with Gasteiger partial charge < -0.3 is 5.73 Å². The zero-order valence-electron chi connectivity index (χ0n) is 10.7. The summed E-state index contributed by atoms with van der Waals surface area (Å²) in [6, 6.07) is 2.10. The molecular weight excluding hydrogens is 246 g/mol. The van der Waals surface area contributed by atoms with Crippen LogP contribution in [0.15, 0.2) is 5.03 Å². The third-order valence-corrected chi connectivity index (χ3v) is 3.62. The maximum absolute atomic E-state index is 9.16. The van der Waals surface area contributed by atoms with Crippen LogP contribution in [0.1, 0.15) is 30.7 Å². The van der Waals surface area contributed by atoms with E-state index in [1.54, 1.807) is 4.52 Å². The van der Waals surface area contributed by atoms with E-state index in [2.05, 4.69) is 30.0 Å². The quantitative estimate of drug-likeness (QED) is 0.675. The average Bonchev–Trinajstić information content (AvgIpc) is 2.76. The number of fused-ring (bicyclic) bond motifs is 1. The third-order valence-electron chi connectivity index (χ3n) is 2.94. The molecule has 0 bridgehead atoms. The Morgan fingerprint density at radius 2 is 2.11 bits per heavy atom. The first-order valence-corrected chi connectivity index (χ1v) is 7.04. The summed E-state index contributed by atoms with van der Waals surface area (Å²) in [7, 11) is 0. The molecule has 0 amide bonds. The van der Waals surface area contributed by atoms with Crippen LogP contribution in [0.5, 0.6) is 0 Å². The van der Waals surface area contributed by atoms with Gasteiger partial charge in [-0.3, -0.25) is 0 Å². The summed E-state index contributed by atoms with van der Waals surface area (Å²) in [4.78, 5) is 4.53. The van der Waals surface area contributed by atoms with E-state index < -0.39 is 0 Å². The van der Waals surface area contributed by atoms with Gasteiger partial charge in [-0.15, -0.1) is 11.8 Å². The normalized spacial score (nSPS) is 10.8. The maximum atomic E-state index is 9.16. The van der Waals surface area contributed by atoms with Gasteiger partial charge in [-0.2, -0.15) is 14.9 Å². The fourth-order valence-corrected chi connectivity index (χ4v) is 2.57. The van der Waals surface area contributed by atoms with Gasteiger partial charge in [-0.25, -0.2) is 4.98 Å². The topological polar surface area (TPSA) is 80.0 Å². The van der Waals surface area contributed by atoms with Crippen LogP contribution in [0.2, 0.25) is 0 Å². The molecule has 0 saturated heterocycles. The minimum Gasteiger partial charge on any atom is -0.382 e. The molecule has 6 heteroatoms. The van der Waals surface area contributed by atoms with Crippen LogP contribution in [-0.2, 0) is 12.8 Å². The van der Waals surface area contributed by atoms with Gasteiger partial charge >= 0.3 is 0 Å². The first kappa shape index (κ1) is 12.7. The molecule has 0 radical (unpaired) electrons. The molecule has 94 valence electrons.